The molecule has 0 unspecified atom stereocenters. The van der Waals surface area contributed by atoms with E-state index in [2.05, 4.69) is 6.07 Å². The fourth-order valence-electron chi connectivity index (χ4n) is 2.90. The van der Waals surface area contributed by atoms with Crippen LogP contribution in [-0.4, -0.2) is 29.7 Å². The fraction of sp³-hybridized carbons (Fsp3) is 0.300. The number of carbonyl (C=O) groups excluding carboxylic acids is 1. The van der Waals surface area contributed by atoms with Gasteiger partial charge in [0.05, 0.1) is 32.4 Å². The zero-order chi connectivity index (χ0) is 17.7. The van der Waals surface area contributed by atoms with Crippen molar-refractivity contribution in [3.8, 4) is 6.07 Å². The first-order valence-electron chi connectivity index (χ1n) is 8.16. The lowest BCUT2D eigenvalue weighted by atomic mass is 10.1. The first-order valence-corrected chi connectivity index (χ1v) is 8.16. The third-order valence-corrected chi connectivity index (χ3v) is 4.42. The van der Waals surface area contributed by atoms with Crippen LogP contribution in [0.2, 0.25) is 0 Å². The maximum absolute atomic E-state index is 12.3. The SMILES string of the molecule is COC(=O)N(Cc1ccccc1)[C@@]1(C#N)C[C@@H]1OCc1ccccc1. The molecule has 1 aliphatic carbocycles. The Hall–Kier alpha value is -2.84. The Balaban J connectivity index is 1.72. The minimum atomic E-state index is -0.974. The third kappa shape index (κ3) is 3.65. The minimum absolute atomic E-state index is 0.312. The Kier molecular flexibility index (Phi) is 5.01. The summed E-state index contributed by atoms with van der Waals surface area (Å²) in [6.07, 6.45) is -0.352. The van der Waals surface area contributed by atoms with Gasteiger partial charge >= 0.3 is 6.09 Å². The van der Waals surface area contributed by atoms with Gasteiger partial charge in [0, 0.05) is 6.42 Å². The van der Waals surface area contributed by atoms with Crippen molar-refractivity contribution in [2.24, 2.45) is 0 Å². The minimum Gasteiger partial charge on any atom is -0.453 e. The molecule has 5 nitrogen and oxygen atoms in total. The maximum Gasteiger partial charge on any atom is 0.411 e. The van der Waals surface area contributed by atoms with Crippen LogP contribution in [0.15, 0.2) is 60.7 Å². The van der Waals surface area contributed by atoms with Crippen molar-refractivity contribution < 1.29 is 14.3 Å². The van der Waals surface area contributed by atoms with E-state index in [-0.39, 0.29) is 6.10 Å². The molecule has 0 aliphatic heterocycles. The second kappa shape index (κ2) is 7.37. The molecule has 2 atom stereocenters. The largest absolute Gasteiger partial charge is 0.453 e. The highest BCUT2D eigenvalue weighted by molar-refractivity contribution is 5.70. The molecule has 0 spiro atoms. The van der Waals surface area contributed by atoms with Gasteiger partial charge in [0.25, 0.3) is 0 Å². The summed E-state index contributed by atoms with van der Waals surface area (Å²) in [7, 11) is 1.33. The Bertz CT molecular complexity index is 758. The van der Waals surface area contributed by atoms with Gasteiger partial charge in [0.2, 0.25) is 0 Å². The van der Waals surface area contributed by atoms with Crippen molar-refractivity contribution in [1.82, 2.24) is 4.90 Å². The Labute approximate surface area is 147 Å². The molecule has 0 saturated heterocycles. The van der Waals surface area contributed by atoms with Gasteiger partial charge < -0.3 is 9.47 Å². The normalized spacial score (nSPS) is 21.2. The lowest BCUT2D eigenvalue weighted by Gasteiger charge is -2.26. The molecule has 0 N–H and O–H groups in total. The second-order valence-corrected chi connectivity index (χ2v) is 6.07. The molecule has 2 aromatic carbocycles. The first kappa shape index (κ1) is 17.0. The van der Waals surface area contributed by atoms with Crippen LogP contribution < -0.4 is 0 Å². The van der Waals surface area contributed by atoms with E-state index in [1.165, 1.54) is 12.0 Å². The number of amides is 1. The smallest absolute Gasteiger partial charge is 0.411 e. The van der Waals surface area contributed by atoms with E-state index in [0.29, 0.717) is 19.6 Å². The van der Waals surface area contributed by atoms with E-state index in [0.717, 1.165) is 11.1 Å². The van der Waals surface area contributed by atoms with Crippen molar-refractivity contribution in [1.29, 1.82) is 5.26 Å². The Morgan fingerprint density at radius 3 is 2.32 bits per heavy atom. The first-order chi connectivity index (χ1) is 12.2. The predicted molar refractivity (Wildman–Crippen MR) is 92.4 cm³/mol. The molecule has 5 heteroatoms. The molecule has 1 fully saturated rings. The van der Waals surface area contributed by atoms with Crippen LogP contribution >= 0.6 is 0 Å². The van der Waals surface area contributed by atoms with Gasteiger partial charge in [-0.25, -0.2) is 4.79 Å². The highest BCUT2D eigenvalue weighted by atomic mass is 16.5. The van der Waals surface area contributed by atoms with Crippen LogP contribution in [0, 0.1) is 11.3 Å². The van der Waals surface area contributed by atoms with Gasteiger partial charge in [-0.05, 0) is 11.1 Å². The lowest BCUT2D eigenvalue weighted by Crippen LogP contribution is -2.43. The molecule has 1 amide bonds. The quantitative estimate of drug-likeness (QED) is 0.810. The van der Waals surface area contributed by atoms with E-state index in [1.807, 2.05) is 60.7 Å². The summed E-state index contributed by atoms with van der Waals surface area (Å²) < 4.78 is 10.8. The summed E-state index contributed by atoms with van der Waals surface area (Å²) in [6, 6.07) is 21.6. The molecule has 3 rings (SSSR count). The second-order valence-electron chi connectivity index (χ2n) is 6.07. The van der Waals surface area contributed by atoms with Crippen molar-refractivity contribution >= 4 is 6.09 Å². The van der Waals surface area contributed by atoms with Crippen LogP contribution in [0.1, 0.15) is 17.5 Å². The van der Waals surface area contributed by atoms with Crippen LogP contribution in [0.5, 0.6) is 0 Å². The number of benzene rings is 2. The molecular weight excluding hydrogens is 316 g/mol. The summed E-state index contributed by atoms with van der Waals surface area (Å²) in [5.74, 6) is 0. The van der Waals surface area contributed by atoms with Crippen LogP contribution in [-0.2, 0) is 22.6 Å². The lowest BCUT2D eigenvalue weighted by molar-refractivity contribution is 0.0540. The maximum atomic E-state index is 12.3. The number of hydrogen-bond acceptors (Lipinski definition) is 4. The monoisotopic (exact) mass is 336 g/mol. The van der Waals surface area contributed by atoms with Gasteiger partial charge in [-0.15, -0.1) is 0 Å². The molecule has 0 bridgehead atoms. The van der Waals surface area contributed by atoms with Crippen LogP contribution in [0.4, 0.5) is 4.79 Å². The number of nitrogens with zero attached hydrogens (tertiary/aromatic N) is 2. The molecule has 0 radical (unpaired) electrons. The van der Waals surface area contributed by atoms with Crippen LogP contribution in [0.25, 0.3) is 0 Å². The molecule has 2 aromatic rings. The summed E-state index contributed by atoms with van der Waals surface area (Å²) in [6.45, 7) is 0.724. The van der Waals surface area contributed by atoms with E-state index < -0.39 is 11.6 Å². The Morgan fingerprint density at radius 2 is 1.76 bits per heavy atom. The highest BCUT2D eigenvalue weighted by Gasteiger charge is 2.62. The predicted octanol–water partition coefficient (Wildman–Crippen LogP) is 3.51. The van der Waals surface area contributed by atoms with Gasteiger partial charge in [-0.1, -0.05) is 60.7 Å². The van der Waals surface area contributed by atoms with Crippen molar-refractivity contribution in [2.75, 3.05) is 7.11 Å². The summed E-state index contributed by atoms with van der Waals surface area (Å²) >= 11 is 0. The fourth-order valence-corrected chi connectivity index (χ4v) is 2.90. The summed E-state index contributed by atoms with van der Waals surface area (Å²) in [5.41, 5.74) is 1.00. The number of ether oxygens (including phenoxy) is 2. The summed E-state index contributed by atoms with van der Waals surface area (Å²) in [4.78, 5) is 13.7. The average molecular weight is 336 g/mol. The van der Waals surface area contributed by atoms with E-state index >= 15 is 0 Å². The molecule has 0 heterocycles. The Morgan fingerprint density at radius 1 is 1.16 bits per heavy atom. The highest BCUT2D eigenvalue weighted by Crippen LogP contribution is 2.45. The molecular formula is C20H20N2O3. The number of rotatable bonds is 6. The molecule has 1 aliphatic rings. The topological polar surface area (TPSA) is 62.6 Å². The number of carbonyl (C=O) groups is 1. The zero-order valence-corrected chi connectivity index (χ0v) is 14.1. The number of methoxy groups -OCH3 is 1. The third-order valence-electron chi connectivity index (χ3n) is 4.42. The van der Waals surface area contributed by atoms with Gasteiger partial charge in [0.15, 0.2) is 5.54 Å². The van der Waals surface area contributed by atoms with E-state index in [4.69, 9.17) is 9.47 Å². The van der Waals surface area contributed by atoms with Gasteiger partial charge in [-0.2, -0.15) is 5.26 Å². The zero-order valence-electron chi connectivity index (χ0n) is 14.1. The van der Waals surface area contributed by atoms with Gasteiger partial charge in [0.1, 0.15) is 0 Å². The number of nitriles is 1. The summed E-state index contributed by atoms with van der Waals surface area (Å²) in [5, 5.41) is 9.74. The molecule has 1 saturated carbocycles. The molecule has 128 valence electrons. The number of hydrogen-bond donors (Lipinski definition) is 0. The van der Waals surface area contributed by atoms with Crippen molar-refractivity contribution in [3.05, 3.63) is 71.8 Å². The van der Waals surface area contributed by atoms with Crippen molar-refractivity contribution in [3.63, 3.8) is 0 Å². The molecule has 0 aromatic heterocycles. The van der Waals surface area contributed by atoms with E-state index in [9.17, 15) is 10.1 Å². The van der Waals surface area contributed by atoms with E-state index in [1.54, 1.807) is 0 Å². The standard InChI is InChI=1S/C20H20N2O3/c1-24-19(23)22(13-16-8-4-2-5-9-16)20(15-21)12-18(20)25-14-17-10-6-3-7-11-17/h2-11,18H,12-14H2,1H3/t18-,20+/m0/s1. The van der Waals surface area contributed by atoms with Crippen molar-refractivity contribution in [2.45, 2.75) is 31.2 Å². The van der Waals surface area contributed by atoms with Gasteiger partial charge in [-0.3, -0.25) is 4.90 Å². The molecule has 25 heavy (non-hydrogen) atoms. The average Bonchev–Trinajstić information content (AvgIpc) is 3.40. The van der Waals surface area contributed by atoms with Crippen LogP contribution in [0.3, 0.4) is 0 Å².